The molecule has 0 aliphatic carbocycles. The lowest BCUT2D eigenvalue weighted by atomic mass is 10.1. The maximum atomic E-state index is 12.5. The second kappa shape index (κ2) is 6.65. The summed E-state index contributed by atoms with van der Waals surface area (Å²) in [4.78, 5) is 25.8. The Hall–Kier alpha value is -2.52. The number of anilines is 1. The van der Waals surface area contributed by atoms with E-state index in [2.05, 4.69) is 25.4 Å². The van der Waals surface area contributed by atoms with E-state index in [1.807, 2.05) is 44.4 Å². The van der Waals surface area contributed by atoms with Crippen LogP contribution in [-0.2, 0) is 11.2 Å². The lowest BCUT2D eigenvalue weighted by molar-refractivity contribution is -0.115. The molecule has 9 heteroatoms. The van der Waals surface area contributed by atoms with Gasteiger partial charge in [0.05, 0.1) is 16.6 Å². The topological polar surface area (TPSA) is 85.1 Å². The first-order valence-corrected chi connectivity index (χ1v) is 10.0. The molecule has 3 aromatic heterocycles. The van der Waals surface area contributed by atoms with E-state index in [1.165, 1.54) is 23.1 Å². The Balaban J connectivity index is 1.60. The molecule has 1 N–H and O–H groups in total. The van der Waals surface area contributed by atoms with Crippen molar-refractivity contribution in [3.63, 3.8) is 0 Å². The summed E-state index contributed by atoms with van der Waals surface area (Å²) < 4.78 is 2.74. The van der Waals surface area contributed by atoms with Crippen LogP contribution in [0.15, 0.2) is 29.4 Å². The number of nitrogens with zero attached hydrogens (tertiary/aromatic N) is 5. The summed E-state index contributed by atoms with van der Waals surface area (Å²) in [6, 6.07) is 7.81. The van der Waals surface area contributed by atoms with Gasteiger partial charge in [-0.15, -0.1) is 5.10 Å². The van der Waals surface area contributed by atoms with Gasteiger partial charge in [-0.2, -0.15) is 4.98 Å². The van der Waals surface area contributed by atoms with Crippen molar-refractivity contribution >= 4 is 50.1 Å². The highest BCUT2D eigenvalue weighted by Crippen LogP contribution is 2.25. The van der Waals surface area contributed by atoms with Crippen molar-refractivity contribution in [3.8, 4) is 0 Å². The van der Waals surface area contributed by atoms with Crippen molar-refractivity contribution in [2.45, 2.75) is 25.4 Å². The van der Waals surface area contributed by atoms with Gasteiger partial charge in [-0.3, -0.25) is 4.79 Å². The zero-order valence-corrected chi connectivity index (χ0v) is 16.1. The minimum absolute atomic E-state index is 0.124. The zero-order valence-electron chi connectivity index (χ0n) is 14.5. The van der Waals surface area contributed by atoms with Gasteiger partial charge in [0.2, 0.25) is 11.1 Å². The largest absolute Gasteiger partial charge is 0.302 e. The molecular weight excluding hydrogens is 368 g/mol. The van der Waals surface area contributed by atoms with Crippen molar-refractivity contribution in [1.29, 1.82) is 0 Å². The van der Waals surface area contributed by atoms with Crippen LogP contribution < -0.4 is 5.32 Å². The number of para-hydroxylation sites is 1. The minimum Gasteiger partial charge on any atom is -0.302 e. The number of hydrogen-bond acceptors (Lipinski definition) is 7. The molecule has 26 heavy (non-hydrogen) atoms. The van der Waals surface area contributed by atoms with Crippen LogP contribution in [0.5, 0.6) is 0 Å². The Morgan fingerprint density at radius 1 is 1.23 bits per heavy atom. The molecule has 0 aliphatic rings. The molecule has 0 aliphatic heterocycles. The van der Waals surface area contributed by atoms with Crippen LogP contribution in [0.1, 0.15) is 17.0 Å². The predicted octanol–water partition coefficient (Wildman–Crippen LogP) is 3.25. The van der Waals surface area contributed by atoms with Crippen molar-refractivity contribution in [1.82, 2.24) is 24.6 Å². The molecule has 7 nitrogen and oxygen atoms in total. The van der Waals surface area contributed by atoms with Gasteiger partial charge in [0.15, 0.2) is 5.13 Å². The average molecular weight is 384 g/mol. The van der Waals surface area contributed by atoms with Gasteiger partial charge < -0.3 is 5.32 Å². The second-order valence-corrected chi connectivity index (χ2v) is 7.59. The van der Waals surface area contributed by atoms with Crippen LogP contribution in [0.3, 0.4) is 0 Å². The number of aryl methyl sites for hydroxylation is 2. The third-order valence-electron chi connectivity index (χ3n) is 4.09. The Labute approximate surface area is 157 Å². The lowest BCUT2D eigenvalue weighted by Crippen LogP contribution is -2.17. The summed E-state index contributed by atoms with van der Waals surface area (Å²) in [7, 11) is 0. The third-order valence-corrected chi connectivity index (χ3v) is 5.58. The highest BCUT2D eigenvalue weighted by molar-refractivity contribution is 7.98. The Kier molecular flexibility index (Phi) is 4.33. The zero-order chi connectivity index (χ0) is 18.3. The molecule has 4 aromatic rings. The van der Waals surface area contributed by atoms with Gasteiger partial charge in [0, 0.05) is 17.0 Å². The van der Waals surface area contributed by atoms with E-state index in [0.29, 0.717) is 16.1 Å². The Bertz CT molecular complexity index is 1100. The van der Waals surface area contributed by atoms with Gasteiger partial charge in [0.25, 0.3) is 5.78 Å². The molecule has 0 atom stereocenters. The minimum atomic E-state index is -0.124. The smallest absolute Gasteiger partial charge is 0.253 e. The van der Waals surface area contributed by atoms with Crippen LogP contribution >= 0.6 is 23.1 Å². The maximum Gasteiger partial charge on any atom is 0.253 e. The number of amides is 1. The number of rotatable bonds is 4. The first-order chi connectivity index (χ1) is 12.5. The van der Waals surface area contributed by atoms with Gasteiger partial charge in [-0.1, -0.05) is 35.2 Å². The number of aromatic nitrogens is 5. The van der Waals surface area contributed by atoms with Gasteiger partial charge in [-0.05, 0) is 32.2 Å². The van der Waals surface area contributed by atoms with Crippen molar-refractivity contribution in [2.75, 3.05) is 11.6 Å². The van der Waals surface area contributed by atoms with E-state index in [4.69, 9.17) is 0 Å². The molecule has 4 rings (SSSR count). The number of thiazole rings is 1. The summed E-state index contributed by atoms with van der Waals surface area (Å²) in [5.74, 6) is 0.432. The molecule has 0 spiro atoms. The van der Waals surface area contributed by atoms with E-state index in [-0.39, 0.29) is 12.3 Å². The third kappa shape index (κ3) is 3.04. The van der Waals surface area contributed by atoms with Gasteiger partial charge in [0.1, 0.15) is 0 Å². The number of fused-ring (bicyclic) bond motifs is 2. The molecule has 0 unspecified atom stereocenters. The fraction of sp³-hybridized carbons (Fsp3) is 0.235. The fourth-order valence-electron chi connectivity index (χ4n) is 2.78. The van der Waals surface area contributed by atoms with Crippen molar-refractivity contribution in [2.24, 2.45) is 0 Å². The van der Waals surface area contributed by atoms with Crippen LogP contribution in [0.25, 0.3) is 16.0 Å². The Morgan fingerprint density at radius 2 is 2.04 bits per heavy atom. The molecule has 1 amide bonds. The van der Waals surface area contributed by atoms with Crippen LogP contribution in [0.2, 0.25) is 0 Å². The lowest BCUT2D eigenvalue weighted by Gasteiger charge is -2.09. The van der Waals surface area contributed by atoms with E-state index in [0.717, 1.165) is 27.2 Å². The highest BCUT2D eigenvalue weighted by atomic mass is 32.2. The van der Waals surface area contributed by atoms with Gasteiger partial charge in [-0.25, -0.2) is 14.5 Å². The average Bonchev–Trinajstić information content (AvgIpc) is 3.21. The summed E-state index contributed by atoms with van der Waals surface area (Å²) in [5.41, 5.74) is 3.40. The van der Waals surface area contributed by atoms with E-state index in [1.54, 1.807) is 4.52 Å². The monoisotopic (exact) mass is 384 g/mol. The van der Waals surface area contributed by atoms with Crippen molar-refractivity contribution < 1.29 is 4.79 Å². The summed E-state index contributed by atoms with van der Waals surface area (Å²) in [5, 5.41) is 8.57. The van der Waals surface area contributed by atoms with Crippen LogP contribution in [0, 0.1) is 13.8 Å². The molecule has 132 valence electrons. The maximum absolute atomic E-state index is 12.5. The number of nitrogens with one attached hydrogen (secondary N) is 1. The number of carbonyl (C=O) groups is 1. The number of carbonyl (C=O) groups excluding carboxylic acids is 1. The number of benzene rings is 1. The standard InChI is InChI=1S/C17H16N6OS2/c1-9-11(10(2)23-15(18-9)21-17(22-23)25-3)8-14(24)20-16-19-12-6-4-5-7-13(12)26-16/h4-7H,8H2,1-3H3,(H,19,20,24). The molecule has 0 fully saturated rings. The summed E-state index contributed by atoms with van der Waals surface area (Å²) >= 11 is 2.93. The summed E-state index contributed by atoms with van der Waals surface area (Å²) in [6.45, 7) is 3.82. The molecule has 0 bridgehead atoms. The van der Waals surface area contributed by atoms with Crippen molar-refractivity contribution in [3.05, 3.63) is 41.2 Å². The molecule has 1 aromatic carbocycles. The highest BCUT2D eigenvalue weighted by Gasteiger charge is 2.17. The molecule has 3 heterocycles. The van der Waals surface area contributed by atoms with Crippen LogP contribution in [0.4, 0.5) is 5.13 Å². The molecule has 0 saturated carbocycles. The van der Waals surface area contributed by atoms with Gasteiger partial charge >= 0.3 is 0 Å². The second-order valence-electron chi connectivity index (χ2n) is 5.78. The predicted molar refractivity (Wildman–Crippen MR) is 104 cm³/mol. The summed E-state index contributed by atoms with van der Waals surface area (Å²) in [6.07, 6.45) is 2.13. The van der Waals surface area contributed by atoms with E-state index < -0.39 is 0 Å². The number of thioether (sulfide) groups is 1. The quantitative estimate of drug-likeness (QED) is 0.544. The number of hydrogen-bond donors (Lipinski definition) is 1. The first-order valence-electron chi connectivity index (χ1n) is 7.97. The molecule has 0 saturated heterocycles. The van der Waals surface area contributed by atoms with Crippen LogP contribution in [-0.4, -0.2) is 36.7 Å². The fourth-order valence-corrected chi connectivity index (χ4v) is 4.00. The SMILES string of the molecule is CSc1nc2nc(C)c(CC(=O)Nc3nc4ccccc4s3)c(C)n2n1. The van der Waals surface area contributed by atoms with E-state index >= 15 is 0 Å². The molecular formula is C17H16N6OS2. The first kappa shape index (κ1) is 16.9. The van der Waals surface area contributed by atoms with E-state index in [9.17, 15) is 4.79 Å². The Morgan fingerprint density at radius 3 is 2.81 bits per heavy atom. The normalized spacial score (nSPS) is 11.3. The molecule has 0 radical (unpaired) electrons.